The minimum Gasteiger partial charge on any atom is -0.392 e. The molecule has 8 rings (SSSR count). The summed E-state index contributed by atoms with van der Waals surface area (Å²) >= 11 is 0. The molecule has 4 aliphatic rings. The maximum Gasteiger partial charge on any atom is 0.293 e. The number of aliphatic hydroxyl groups is 1. The number of fused-ring (bicyclic) bond motifs is 3. The number of ether oxygens (including phenoxy) is 1. The average molecular weight is 776 g/mol. The van der Waals surface area contributed by atoms with Crippen molar-refractivity contribution in [3.63, 3.8) is 0 Å². The van der Waals surface area contributed by atoms with Crippen LogP contribution in [-0.2, 0) is 42.6 Å². The van der Waals surface area contributed by atoms with Crippen LogP contribution in [0.3, 0.4) is 0 Å². The van der Waals surface area contributed by atoms with Crippen LogP contribution in [0, 0.1) is 5.41 Å². The zero-order valence-electron chi connectivity index (χ0n) is 33.4. The van der Waals surface area contributed by atoms with Crippen molar-refractivity contribution in [1.29, 1.82) is 0 Å². The van der Waals surface area contributed by atoms with Gasteiger partial charge in [-0.05, 0) is 86.4 Å². The number of carbonyl (C=O) groups is 2. The van der Waals surface area contributed by atoms with Gasteiger partial charge in [0.15, 0.2) is 5.82 Å². The normalized spacial score (nSPS) is 19.9. The van der Waals surface area contributed by atoms with Gasteiger partial charge in [-0.2, -0.15) is 0 Å². The molecule has 1 aliphatic carbocycles. The van der Waals surface area contributed by atoms with Crippen LogP contribution in [0.1, 0.15) is 67.3 Å². The van der Waals surface area contributed by atoms with Crippen molar-refractivity contribution in [2.24, 2.45) is 12.5 Å². The number of rotatable bonds is 9. The molecule has 1 aromatic carbocycles. The van der Waals surface area contributed by atoms with Crippen LogP contribution in [-0.4, -0.2) is 92.4 Å². The molecule has 3 aliphatic heterocycles. The maximum absolute atomic E-state index is 14.0. The average Bonchev–Trinajstić information content (AvgIpc) is 3.61. The van der Waals surface area contributed by atoms with E-state index in [1.54, 1.807) is 30.4 Å². The van der Waals surface area contributed by atoms with Crippen molar-refractivity contribution in [2.45, 2.75) is 78.1 Å². The van der Waals surface area contributed by atoms with Gasteiger partial charge >= 0.3 is 0 Å². The second-order valence-corrected chi connectivity index (χ2v) is 16.6. The van der Waals surface area contributed by atoms with Crippen molar-refractivity contribution in [3.8, 4) is 11.3 Å². The van der Waals surface area contributed by atoms with Gasteiger partial charge in [-0.15, -0.1) is 0 Å². The number of aromatic nitrogens is 4. The molecule has 2 fully saturated rings. The molecule has 3 aromatic heterocycles. The monoisotopic (exact) mass is 775 g/mol. The number of benzene rings is 1. The second kappa shape index (κ2) is 15.6. The van der Waals surface area contributed by atoms with Crippen molar-refractivity contribution in [2.75, 3.05) is 59.8 Å². The lowest BCUT2D eigenvalue weighted by atomic mass is 9.90. The van der Waals surface area contributed by atoms with E-state index in [1.165, 1.54) is 21.9 Å². The molecule has 0 saturated carbocycles. The number of nitrogens with zero attached hydrogens (tertiary/aromatic N) is 7. The largest absolute Gasteiger partial charge is 0.392 e. The topological polar surface area (TPSA) is 150 Å². The predicted molar refractivity (Wildman–Crippen MR) is 221 cm³/mol. The number of nitrogens with one attached hydrogen (secondary N) is 2. The van der Waals surface area contributed by atoms with Crippen LogP contribution in [0.5, 0.6) is 0 Å². The summed E-state index contributed by atoms with van der Waals surface area (Å²) in [5.74, 6) is -0.0627. The van der Waals surface area contributed by atoms with Gasteiger partial charge < -0.3 is 34.5 Å². The molecule has 0 spiro atoms. The summed E-state index contributed by atoms with van der Waals surface area (Å²) in [7, 11) is 1.64. The van der Waals surface area contributed by atoms with E-state index in [0.717, 1.165) is 70.6 Å². The Balaban J connectivity index is 1.08. The van der Waals surface area contributed by atoms with Crippen molar-refractivity contribution in [3.05, 3.63) is 88.2 Å². The van der Waals surface area contributed by atoms with Crippen LogP contribution in [0.15, 0.2) is 60.2 Å². The molecular formula is C43H53N9O5. The van der Waals surface area contributed by atoms with Gasteiger partial charge in [-0.1, -0.05) is 20.4 Å². The van der Waals surface area contributed by atoms with Crippen LogP contribution >= 0.6 is 0 Å². The molecule has 0 bridgehead atoms. The highest BCUT2D eigenvalue weighted by atomic mass is 16.5. The lowest BCUT2D eigenvalue weighted by Gasteiger charge is -2.33. The highest BCUT2D eigenvalue weighted by Gasteiger charge is 2.38. The Morgan fingerprint density at radius 3 is 2.63 bits per heavy atom. The first-order valence-corrected chi connectivity index (χ1v) is 20.1. The first-order valence-electron chi connectivity index (χ1n) is 20.1. The Hall–Kier alpha value is -5.31. The van der Waals surface area contributed by atoms with Gasteiger partial charge in [0.2, 0.25) is 5.91 Å². The minimum absolute atomic E-state index is 0.0607. The zero-order chi connectivity index (χ0) is 40.0. The number of aliphatic hydroxyl groups excluding tert-OH is 1. The molecule has 0 unspecified atom stereocenters. The molecule has 2 saturated heterocycles. The summed E-state index contributed by atoms with van der Waals surface area (Å²) in [5.41, 5.74) is 6.37. The van der Waals surface area contributed by atoms with Crippen molar-refractivity contribution >= 4 is 40.5 Å². The maximum atomic E-state index is 14.0. The third kappa shape index (κ3) is 7.49. The zero-order valence-corrected chi connectivity index (χ0v) is 33.4. The fraction of sp³-hybridized carbons (Fsp3) is 0.465. The third-order valence-corrected chi connectivity index (χ3v) is 12.1. The minimum atomic E-state index is -0.392. The SMILES string of the molecule is C=CC(=O)Nc1cc(Nc2nc(-c3ccnc(N4CCn5c(cc6c5CC(C)(C)C6)C4=O)c3CO)cn(C)c2=O)ccc1N1CCN(C2CCOCC2)CC[C@@H]1C. The third-order valence-electron chi connectivity index (χ3n) is 12.1. The van der Waals surface area contributed by atoms with Gasteiger partial charge in [-0.3, -0.25) is 24.2 Å². The first-order chi connectivity index (χ1) is 27.4. The summed E-state index contributed by atoms with van der Waals surface area (Å²) in [6, 6.07) is 10.2. The number of aryl methyl sites for hydroxylation is 1. The Bertz CT molecular complexity index is 2270. The van der Waals surface area contributed by atoms with E-state index in [4.69, 9.17) is 9.72 Å². The van der Waals surface area contributed by atoms with Crippen molar-refractivity contribution in [1.82, 2.24) is 24.0 Å². The molecule has 3 N–H and O–H groups in total. The molecule has 4 aromatic rings. The van der Waals surface area contributed by atoms with E-state index in [0.29, 0.717) is 58.8 Å². The summed E-state index contributed by atoms with van der Waals surface area (Å²) in [5, 5.41) is 17.0. The van der Waals surface area contributed by atoms with E-state index in [1.807, 2.05) is 24.3 Å². The Morgan fingerprint density at radius 2 is 1.86 bits per heavy atom. The smallest absolute Gasteiger partial charge is 0.293 e. The fourth-order valence-corrected chi connectivity index (χ4v) is 9.18. The van der Waals surface area contributed by atoms with Crippen LogP contribution in [0.2, 0.25) is 0 Å². The van der Waals surface area contributed by atoms with E-state index in [9.17, 15) is 19.5 Å². The summed E-state index contributed by atoms with van der Waals surface area (Å²) in [6.45, 7) is 15.3. The lowest BCUT2D eigenvalue weighted by Crippen LogP contribution is -2.41. The molecule has 14 nitrogen and oxygen atoms in total. The highest BCUT2D eigenvalue weighted by Crippen LogP contribution is 2.40. The summed E-state index contributed by atoms with van der Waals surface area (Å²) < 4.78 is 9.20. The summed E-state index contributed by atoms with van der Waals surface area (Å²) in [4.78, 5) is 56.2. The number of hydrogen-bond acceptors (Lipinski definition) is 10. The van der Waals surface area contributed by atoms with E-state index >= 15 is 0 Å². The molecule has 300 valence electrons. The molecule has 57 heavy (non-hydrogen) atoms. The van der Waals surface area contributed by atoms with Crippen LogP contribution in [0.25, 0.3) is 11.3 Å². The molecule has 2 amide bonds. The predicted octanol–water partition coefficient (Wildman–Crippen LogP) is 4.87. The number of hydrogen-bond donors (Lipinski definition) is 3. The van der Waals surface area contributed by atoms with Crippen LogP contribution in [0.4, 0.5) is 28.7 Å². The highest BCUT2D eigenvalue weighted by molar-refractivity contribution is 6.06. The molecule has 6 heterocycles. The number of amides is 2. The second-order valence-electron chi connectivity index (χ2n) is 16.6. The van der Waals surface area contributed by atoms with E-state index in [-0.39, 0.29) is 34.6 Å². The fourth-order valence-electron chi connectivity index (χ4n) is 9.18. The quantitative estimate of drug-likeness (QED) is 0.201. The number of pyridine rings is 1. The molecule has 14 heteroatoms. The van der Waals surface area contributed by atoms with E-state index < -0.39 is 6.61 Å². The van der Waals surface area contributed by atoms with Gasteiger partial charge in [0.05, 0.1) is 23.7 Å². The Labute approximate surface area is 333 Å². The van der Waals surface area contributed by atoms with Gasteiger partial charge in [-0.25, -0.2) is 9.97 Å². The first kappa shape index (κ1) is 38.6. The summed E-state index contributed by atoms with van der Waals surface area (Å²) in [6.07, 6.45) is 9.39. The lowest BCUT2D eigenvalue weighted by molar-refractivity contribution is -0.111. The molecule has 0 radical (unpaired) electrons. The molecular weight excluding hydrogens is 723 g/mol. The van der Waals surface area contributed by atoms with Gasteiger partial charge in [0.1, 0.15) is 11.5 Å². The van der Waals surface area contributed by atoms with Crippen molar-refractivity contribution < 1.29 is 19.4 Å². The number of carbonyl (C=O) groups excluding carboxylic acids is 2. The van der Waals surface area contributed by atoms with Gasteiger partial charge in [0, 0.05) is 100.0 Å². The molecule has 1 atom stereocenters. The standard InChI is InChI=1S/C43H53N9O5/c1-6-38(54)46-33-22-29(7-8-35(33)50-16-15-49(14-10-27(50)2)30-11-19-57-20-12-30)45-39-42(56)48(5)25-34(47-39)31-9-13-44-40(32(31)26-53)52-18-17-51-36(41(52)55)21-28-23-43(3,4)24-37(28)51/h6-9,13,21-22,25,27,30,53H,1,10-12,14-20,23-24,26H2,2-5H3,(H,45,47)(H,46,54)/t27-/m0/s1. The number of anilines is 5. The van der Waals surface area contributed by atoms with E-state index in [2.05, 4.69) is 57.3 Å². The Kier molecular flexibility index (Phi) is 10.5. The van der Waals surface area contributed by atoms with Gasteiger partial charge in [0.25, 0.3) is 11.5 Å². The Morgan fingerprint density at radius 1 is 1.05 bits per heavy atom. The van der Waals surface area contributed by atoms with Crippen LogP contribution < -0.4 is 26.0 Å².